The minimum atomic E-state index is -0.373. The number of aromatic nitrogens is 2. The number of imidazole rings is 1. The Morgan fingerprint density at radius 2 is 2.10 bits per heavy atom. The van der Waals surface area contributed by atoms with Crippen LogP contribution in [0, 0.1) is 0 Å². The molecule has 0 amide bonds. The first-order chi connectivity index (χ1) is 9.69. The van der Waals surface area contributed by atoms with Crippen molar-refractivity contribution >= 4 is 27.7 Å². The van der Waals surface area contributed by atoms with Crippen LogP contribution < -0.4 is 0 Å². The number of aliphatic hydroxyl groups is 1. The summed E-state index contributed by atoms with van der Waals surface area (Å²) in [6.07, 6.45) is 5.10. The van der Waals surface area contributed by atoms with Gasteiger partial charge in [0.2, 0.25) is 0 Å². The summed E-state index contributed by atoms with van der Waals surface area (Å²) in [5, 5.41) is 10.1. The maximum absolute atomic E-state index is 10.1. The summed E-state index contributed by atoms with van der Waals surface area (Å²) in [6, 6.07) is 8.14. The lowest BCUT2D eigenvalue weighted by Crippen LogP contribution is -2.17. The highest BCUT2D eigenvalue weighted by Gasteiger charge is 2.10. The van der Waals surface area contributed by atoms with Crippen LogP contribution >= 0.6 is 27.7 Å². The monoisotopic (exact) mass is 354 g/mol. The first-order valence-corrected chi connectivity index (χ1v) is 8.53. The quantitative estimate of drug-likeness (QED) is 0.769. The van der Waals surface area contributed by atoms with Crippen LogP contribution in [0.1, 0.15) is 19.2 Å². The predicted molar refractivity (Wildman–Crippen MR) is 87.1 cm³/mol. The van der Waals surface area contributed by atoms with Gasteiger partial charge < -0.3 is 9.67 Å². The van der Waals surface area contributed by atoms with E-state index in [-0.39, 0.29) is 6.10 Å². The molecule has 5 heteroatoms. The zero-order valence-electron chi connectivity index (χ0n) is 11.5. The molecule has 3 nitrogen and oxygen atoms in total. The molecule has 0 aliphatic rings. The highest BCUT2D eigenvalue weighted by molar-refractivity contribution is 9.10. The van der Waals surface area contributed by atoms with Crippen LogP contribution in [-0.4, -0.2) is 26.5 Å². The summed E-state index contributed by atoms with van der Waals surface area (Å²) in [5.74, 6) is 1.65. The zero-order valence-corrected chi connectivity index (χ0v) is 13.9. The lowest BCUT2D eigenvalue weighted by molar-refractivity contribution is 0.196. The highest BCUT2D eigenvalue weighted by atomic mass is 79.9. The van der Waals surface area contributed by atoms with Crippen molar-refractivity contribution in [1.29, 1.82) is 0 Å². The first kappa shape index (κ1) is 15.6. The van der Waals surface area contributed by atoms with Crippen molar-refractivity contribution in [3.8, 4) is 0 Å². The van der Waals surface area contributed by atoms with Crippen molar-refractivity contribution in [1.82, 2.24) is 9.55 Å². The molecule has 1 aromatic carbocycles. The SMILES string of the molecule is CCCn1ccnc1CC(O)CSc1ccc(Br)cc1. The molecule has 0 spiro atoms. The Labute approximate surface area is 132 Å². The molecule has 0 aliphatic heterocycles. The average molecular weight is 355 g/mol. The summed E-state index contributed by atoms with van der Waals surface area (Å²) >= 11 is 5.09. The number of halogens is 1. The van der Waals surface area contributed by atoms with Gasteiger partial charge >= 0.3 is 0 Å². The van der Waals surface area contributed by atoms with E-state index < -0.39 is 0 Å². The van der Waals surface area contributed by atoms with E-state index in [1.165, 1.54) is 4.90 Å². The van der Waals surface area contributed by atoms with E-state index in [0.717, 1.165) is 23.3 Å². The van der Waals surface area contributed by atoms with Crippen molar-refractivity contribution in [2.45, 2.75) is 37.3 Å². The third-order valence-corrected chi connectivity index (χ3v) is 4.63. The summed E-state index contributed by atoms with van der Waals surface area (Å²) in [5.41, 5.74) is 0. The third kappa shape index (κ3) is 4.65. The smallest absolute Gasteiger partial charge is 0.111 e. The number of hydrogen-bond acceptors (Lipinski definition) is 3. The molecule has 1 N–H and O–H groups in total. The molecule has 0 aliphatic carbocycles. The van der Waals surface area contributed by atoms with Crippen LogP contribution in [0.5, 0.6) is 0 Å². The van der Waals surface area contributed by atoms with E-state index in [4.69, 9.17) is 0 Å². The Hall–Kier alpha value is -0.780. The number of aryl methyl sites for hydroxylation is 1. The lowest BCUT2D eigenvalue weighted by atomic mass is 10.2. The van der Waals surface area contributed by atoms with Crippen LogP contribution in [0.25, 0.3) is 0 Å². The summed E-state index contributed by atoms with van der Waals surface area (Å²) in [6.45, 7) is 3.10. The molecular weight excluding hydrogens is 336 g/mol. The molecule has 0 saturated heterocycles. The number of aliphatic hydroxyl groups excluding tert-OH is 1. The Bertz CT molecular complexity index is 527. The van der Waals surface area contributed by atoms with Gasteiger partial charge in [0.05, 0.1) is 6.10 Å². The molecule has 0 fully saturated rings. The van der Waals surface area contributed by atoms with Gasteiger partial charge in [-0.15, -0.1) is 11.8 Å². The standard InChI is InChI=1S/C15H19BrN2OS/c1-2-8-18-9-7-17-15(18)10-13(19)11-20-14-5-3-12(16)4-6-14/h3-7,9,13,19H,2,8,10-11H2,1H3. The number of rotatable bonds is 7. The fourth-order valence-electron chi connectivity index (χ4n) is 1.97. The van der Waals surface area contributed by atoms with Gasteiger partial charge in [0.1, 0.15) is 5.82 Å². The maximum Gasteiger partial charge on any atom is 0.111 e. The molecule has 2 rings (SSSR count). The molecule has 1 unspecified atom stereocenters. The van der Waals surface area contributed by atoms with Crippen molar-refractivity contribution in [2.75, 3.05) is 5.75 Å². The fourth-order valence-corrected chi connectivity index (χ4v) is 3.06. The lowest BCUT2D eigenvalue weighted by Gasteiger charge is -2.11. The second-order valence-corrected chi connectivity index (χ2v) is 6.67. The van der Waals surface area contributed by atoms with Gasteiger partial charge in [-0.3, -0.25) is 0 Å². The molecule has 1 heterocycles. The zero-order chi connectivity index (χ0) is 14.4. The molecule has 20 heavy (non-hydrogen) atoms. The Kier molecular flexibility index (Phi) is 6.13. The molecule has 1 aromatic heterocycles. The van der Waals surface area contributed by atoms with Crippen LogP contribution in [0.4, 0.5) is 0 Å². The third-order valence-electron chi connectivity index (χ3n) is 2.94. The second kappa shape index (κ2) is 7.86. The van der Waals surface area contributed by atoms with Gasteiger partial charge in [0.25, 0.3) is 0 Å². The topological polar surface area (TPSA) is 38.0 Å². The van der Waals surface area contributed by atoms with Gasteiger partial charge in [-0.1, -0.05) is 22.9 Å². The number of nitrogens with zero attached hydrogens (tertiary/aromatic N) is 2. The first-order valence-electron chi connectivity index (χ1n) is 6.75. The molecule has 0 bridgehead atoms. The fraction of sp³-hybridized carbons (Fsp3) is 0.400. The largest absolute Gasteiger partial charge is 0.392 e. The highest BCUT2D eigenvalue weighted by Crippen LogP contribution is 2.22. The average Bonchev–Trinajstić information content (AvgIpc) is 2.86. The molecule has 108 valence electrons. The van der Waals surface area contributed by atoms with Gasteiger partial charge in [-0.25, -0.2) is 4.98 Å². The maximum atomic E-state index is 10.1. The number of thioether (sulfide) groups is 1. The molecule has 0 saturated carbocycles. The van der Waals surface area contributed by atoms with Gasteiger partial charge in [0.15, 0.2) is 0 Å². The minimum absolute atomic E-state index is 0.373. The summed E-state index contributed by atoms with van der Waals surface area (Å²) < 4.78 is 3.19. The van der Waals surface area contributed by atoms with Crippen LogP contribution in [0.3, 0.4) is 0 Å². The summed E-state index contributed by atoms with van der Waals surface area (Å²) in [7, 11) is 0. The molecule has 2 aromatic rings. The van der Waals surface area contributed by atoms with E-state index in [1.54, 1.807) is 18.0 Å². The molecular formula is C15H19BrN2OS. The van der Waals surface area contributed by atoms with Crippen LogP contribution in [0.15, 0.2) is 46.0 Å². The van der Waals surface area contributed by atoms with Crippen molar-refractivity contribution in [3.63, 3.8) is 0 Å². The van der Waals surface area contributed by atoms with Crippen molar-refractivity contribution in [3.05, 3.63) is 47.0 Å². The van der Waals surface area contributed by atoms with E-state index >= 15 is 0 Å². The van der Waals surface area contributed by atoms with E-state index in [9.17, 15) is 5.11 Å². The van der Waals surface area contributed by atoms with E-state index in [0.29, 0.717) is 12.2 Å². The Morgan fingerprint density at radius 1 is 1.35 bits per heavy atom. The predicted octanol–water partition coefficient (Wildman–Crippen LogP) is 3.75. The van der Waals surface area contributed by atoms with E-state index in [2.05, 4.69) is 44.5 Å². The van der Waals surface area contributed by atoms with Crippen molar-refractivity contribution in [2.24, 2.45) is 0 Å². The molecule has 0 radical (unpaired) electrons. The van der Waals surface area contributed by atoms with Gasteiger partial charge in [-0.05, 0) is 30.7 Å². The number of benzene rings is 1. The Balaban J connectivity index is 1.84. The molecule has 1 atom stereocenters. The second-order valence-electron chi connectivity index (χ2n) is 4.66. The summed E-state index contributed by atoms with van der Waals surface area (Å²) in [4.78, 5) is 5.50. The van der Waals surface area contributed by atoms with Crippen molar-refractivity contribution < 1.29 is 5.11 Å². The van der Waals surface area contributed by atoms with Crippen LogP contribution in [-0.2, 0) is 13.0 Å². The van der Waals surface area contributed by atoms with Gasteiger partial charge in [-0.2, -0.15) is 0 Å². The minimum Gasteiger partial charge on any atom is -0.392 e. The number of hydrogen-bond donors (Lipinski definition) is 1. The van der Waals surface area contributed by atoms with Gasteiger partial charge in [0, 0.05) is 40.5 Å². The Morgan fingerprint density at radius 3 is 2.80 bits per heavy atom. The van der Waals surface area contributed by atoms with Crippen LogP contribution in [0.2, 0.25) is 0 Å². The van der Waals surface area contributed by atoms with E-state index in [1.807, 2.05) is 18.3 Å². The normalized spacial score (nSPS) is 12.6.